The lowest BCUT2D eigenvalue weighted by Crippen LogP contribution is -2.34. The molecular weight excluding hydrogens is 160 g/mol. The summed E-state index contributed by atoms with van der Waals surface area (Å²) in [5.41, 5.74) is 6.29. The van der Waals surface area contributed by atoms with Gasteiger partial charge in [-0.1, -0.05) is 27.7 Å². The van der Waals surface area contributed by atoms with Crippen LogP contribution in [0.5, 0.6) is 0 Å². The van der Waals surface area contributed by atoms with Crippen molar-refractivity contribution in [3.8, 4) is 0 Å². The van der Waals surface area contributed by atoms with Crippen molar-refractivity contribution >= 4 is 0 Å². The highest BCUT2D eigenvalue weighted by atomic mass is 15.2. The van der Waals surface area contributed by atoms with Crippen LogP contribution in [-0.4, -0.2) is 30.6 Å². The lowest BCUT2D eigenvalue weighted by atomic mass is 9.82. The first-order valence-electron chi connectivity index (χ1n) is 5.37. The second kappa shape index (κ2) is 3.97. The maximum atomic E-state index is 5.87. The molecule has 0 aromatic rings. The number of nitrogens with two attached hydrogens (primary N) is 1. The lowest BCUT2D eigenvalue weighted by molar-refractivity contribution is 0.181. The van der Waals surface area contributed by atoms with Crippen molar-refractivity contribution in [2.75, 3.05) is 19.6 Å². The normalized spacial score (nSPS) is 27.9. The Hall–Kier alpha value is -0.0800. The van der Waals surface area contributed by atoms with Gasteiger partial charge in [0.1, 0.15) is 0 Å². The van der Waals surface area contributed by atoms with Gasteiger partial charge in [-0.2, -0.15) is 0 Å². The fourth-order valence-electron chi connectivity index (χ4n) is 1.69. The molecule has 0 aromatic carbocycles. The first-order valence-corrected chi connectivity index (χ1v) is 5.37. The predicted octanol–water partition coefficient (Wildman–Crippen LogP) is 1.70. The van der Waals surface area contributed by atoms with E-state index in [1.165, 1.54) is 19.5 Å². The summed E-state index contributed by atoms with van der Waals surface area (Å²) in [6.45, 7) is 12.8. The van der Waals surface area contributed by atoms with E-state index in [0.717, 1.165) is 12.5 Å². The van der Waals surface area contributed by atoms with Crippen LogP contribution in [-0.2, 0) is 0 Å². The Morgan fingerprint density at radius 3 is 2.46 bits per heavy atom. The Kier molecular flexibility index (Phi) is 3.36. The molecule has 2 nitrogen and oxygen atoms in total. The third-order valence-corrected chi connectivity index (χ3v) is 3.32. The molecule has 0 saturated carbocycles. The minimum absolute atomic E-state index is 0.423. The molecule has 1 aliphatic heterocycles. The molecule has 2 N–H and O–H groups in total. The summed E-state index contributed by atoms with van der Waals surface area (Å²) in [5.74, 6) is 0.748. The second-order valence-corrected chi connectivity index (χ2v) is 5.58. The van der Waals surface area contributed by atoms with Gasteiger partial charge < -0.3 is 10.6 Å². The van der Waals surface area contributed by atoms with Gasteiger partial charge in [-0.3, -0.25) is 0 Å². The number of nitrogens with zero attached hydrogens (tertiary/aromatic N) is 1. The van der Waals surface area contributed by atoms with Crippen molar-refractivity contribution in [3.63, 3.8) is 0 Å². The van der Waals surface area contributed by atoms with E-state index in [0.29, 0.717) is 11.5 Å². The van der Waals surface area contributed by atoms with Crippen molar-refractivity contribution in [3.05, 3.63) is 0 Å². The van der Waals surface area contributed by atoms with Crippen LogP contribution in [0, 0.1) is 11.3 Å². The van der Waals surface area contributed by atoms with Crippen LogP contribution in [0.15, 0.2) is 0 Å². The maximum Gasteiger partial charge on any atom is 0.0180 e. The van der Waals surface area contributed by atoms with Crippen LogP contribution in [0.1, 0.15) is 34.1 Å². The summed E-state index contributed by atoms with van der Waals surface area (Å²) in [4.78, 5) is 2.50. The molecule has 0 aromatic heterocycles. The number of rotatable bonds is 2. The summed E-state index contributed by atoms with van der Waals surface area (Å²) < 4.78 is 0. The molecule has 1 fully saturated rings. The second-order valence-electron chi connectivity index (χ2n) is 5.58. The van der Waals surface area contributed by atoms with Crippen LogP contribution < -0.4 is 5.73 Å². The van der Waals surface area contributed by atoms with Crippen LogP contribution in [0.2, 0.25) is 0 Å². The van der Waals surface area contributed by atoms with E-state index in [4.69, 9.17) is 5.73 Å². The van der Waals surface area contributed by atoms with E-state index in [1.54, 1.807) is 0 Å². The van der Waals surface area contributed by atoms with Gasteiger partial charge in [-0.05, 0) is 24.3 Å². The molecule has 0 aliphatic carbocycles. The number of hydrogen-bond donors (Lipinski definition) is 1. The molecule has 13 heavy (non-hydrogen) atoms. The van der Waals surface area contributed by atoms with Gasteiger partial charge >= 0.3 is 0 Å². The van der Waals surface area contributed by atoms with Crippen molar-refractivity contribution < 1.29 is 0 Å². The van der Waals surface area contributed by atoms with E-state index in [1.807, 2.05) is 0 Å². The zero-order valence-electron chi connectivity index (χ0n) is 9.51. The summed E-state index contributed by atoms with van der Waals surface area (Å²) in [5, 5.41) is 0. The van der Waals surface area contributed by atoms with Crippen LogP contribution in [0.25, 0.3) is 0 Å². The molecule has 2 unspecified atom stereocenters. The van der Waals surface area contributed by atoms with E-state index in [9.17, 15) is 0 Å². The zero-order chi connectivity index (χ0) is 10.1. The average molecular weight is 184 g/mol. The molecule has 2 atom stereocenters. The van der Waals surface area contributed by atoms with Gasteiger partial charge in [0.15, 0.2) is 0 Å². The molecule has 2 heteroatoms. The summed E-state index contributed by atoms with van der Waals surface area (Å²) in [6.07, 6.45) is 1.18. The highest BCUT2D eigenvalue weighted by molar-refractivity contribution is 4.81. The molecule has 0 radical (unpaired) electrons. The SMILES string of the molecule is CC(CN1CCC(N)C1)C(C)(C)C. The third kappa shape index (κ3) is 3.28. The summed E-state index contributed by atoms with van der Waals surface area (Å²) >= 11 is 0. The minimum atomic E-state index is 0.423. The highest BCUT2D eigenvalue weighted by Crippen LogP contribution is 2.26. The van der Waals surface area contributed by atoms with Crippen LogP contribution >= 0.6 is 0 Å². The van der Waals surface area contributed by atoms with Gasteiger partial charge in [-0.15, -0.1) is 0 Å². The van der Waals surface area contributed by atoms with Crippen molar-refractivity contribution in [1.29, 1.82) is 0 Å². The zero-order valence-corrected chi connectivity index (χ0v) is 9.51. The standard InChI is InChI=1S/C11H24N2/c1-9(11(2,3)4)7-13-6-5-10(12)8-13/h9-10H,5-8,12H2,1-4H3. The first-order chi connectivity index (χ1) is 5.89. The monoisotopic (exact) mass is 184 g/mol. The molecular formula is C11H24N2. The van der Waals surface area contributed by atoms with Gasteiger partial charge in [0.2, 0.25) is 0 Å². The van der Waals surface area contributed by atoms with Crippen LogP contribution in [0.4, 0.5) is 0 Å². The highest BCUT2D eigenvalue weighted by Gasteiger charge is 2.25. The molecule has 1 rings (SSSR count). The van der Waals surface area contributed by atoms with Crippen molar-refractivity contribution in [2.24, 2.45) is 17.1 Å². The number of likely N-dealkylation sites (tertiary alicyclic amines) is 1. The predicted molar refractivity (Wildman–Crippen MR) is 57.7 cm³/mol. The van der Waals surface area contributed by atoms with E-state index < -0.39 is 0 Å². The fourth-order valence-corrected chi connectivity index (χ4v) is 1.69. The topological polar surface area (TPSA) is 29.3 Å². The fraction of sp³-hybridized carbons (Fsp3) is 1.00. The van der Waals surface area contributed by atoms with E-state index >= 15 is 0 Å². The molecule has 0 amide bonds. The van der Waals surface area contributed by atoms with Crippen molar-refractivity contribution in [1.82, 2.24) is 4.90 Å². The Labute approximate surface area is 82.5 Å². The Bertz CT molecular complexity index is 160. The Morgan fingerprint density at radius 2 is 2.08 bits per heavy atom. The van der Waals surface area contributed by atoms with E-state index in [-0.39, 0.29) is 0 Å². The lowest BCUT2D eigenvalue weighted by Gasteiger charge is -2.31. The van der Waals surface area contributed by atoms with Gasteiger partial charge in [-0.25, -0.2) is 0 Å². The quantitative estimate of drug-likeness (QED) is 0.708. The maximum absolute atomic E-state index is 5.87. The molecule has 78 valence electrons. The first kappa shape index (κ1) is 11.0. The van der Waals surface area contributed by atoms with Crippen molar-refractivity contribution in [2.45, 2.75) is 40.2 Å². The molecule has 1 heterocycles. The largest absolute Gasteiger partial charge is 0.326 e. The summed E-state index contributed by atoms with van der Waals surface area (Å²) in [6, 6.07) is 0.423. The third-order valence-electron chi connectivity index (χ3n) is 3.32. The molecule has 1 saturated heterocycles. The van der Waals surface area contributed by atoms with Gasteiger partial charge in [0.05, 0.1) is 0 Å². The minimum Gasteiger partial charge on any atom is -0.326 e. The Balaban J connectivity index is 2.33. The molecule has 0 bridgehead atoms. The summed E-state index contributed by atoms with van der Waals surface area (Å²) in [7, 11) is 0. The van der Waals surface area contributed by atoms with Gasteiger partial charge in [0, 0.05) is 19.1 Å². The molecule has 1 aliphatic rings. The molecule has 0 spiro atoms. The van der Waals surface area contributed by atoms with Crippen LogP contribution in [0.3, 0.4) is 0 Å². The average Bonchev–Trinajstić information content (AvgIpc) is 2.33. The van der Waals surface area contributed by atoms with Gasteiger partial charge in [0.25, 0.3) is 0 Å². The Morgan fingerprint density at radius 1 is 1.46 bits per heavy atom. The smallest absolute Gasteiger partial charge is 0.0180 e. The number of hydrogen-bond acceptors (Lipinski definition) is 2. The van der Waals surface area contributed by atoms with E-state index in [2.05, 4.69) is 32.6 Å².